The van der Waals surface area contributed by atoms with Gasteiger partial charge in [0.1, 0.15) is 0 Å². The van der Waals surface area contributed by atoms with Crippen LogP contribution in [0.4, 0.5) is 5.69 Å². The summed E-state index contributed by atoms with van der Waals surface area (Å²) in [6, 6.07) is 4.72. The second-order valence-electron chi connectivity index (χ2n) is 5.65. The number of nitrogens with zero attached hydrogens (tertiary/aromatic N) is 4. The highest BCUT2D eigenvalue weighted by Gasteiger charge is 2.14. The molecule has 0 atom stereocenters. The zero-order chi connectivity index (χ0) is 15.6. The smallest absolute Gasteiger partial charge is 0.283 e. The first-order valence-electron chi connectivity index (χ1n) is 6.37. The Morgan fingerprint density at radius 2 is 2.14 bits per heavy atom. The molecule has 0 amide bonds. The van der Waals surface area contributed by atoms with Crippen molar-refractivity contribution in [2.45, 2.75) is 32.9 Å². The van der Waals surface area contributed by atoms with Crippen molar-refractivity contribution in [3.05, 3.63) is 44.7 Å². The first kappa shape index (κ1) is 15.6. The Hall–Kier alpha value is -1.80. The van der Waals surface area contributed by atoms with Crippen LogP contribution in [0.1, 0.15) is 26.5 Å². The molecule has 1 heterocycles. The highest BCUT2D eigenvalue weighted by atomic mass is 79.9. The summed E-state index contributed by atoms with van der Waals surface area (Å²) < 4.78 is 2.00. The van der Waals surface area contributed by atoms with Crippen molar-refractivity contribution in [2.75, 3.05) is 0 Å². The van der Waals surface area contributed by atoms with Gasteiger partial charge in [0, 0.05) is 18.2 Å². The van der Waals surface area contributed by atoms with Gasteiger partial charge >= 0.3 is 0 Å². The molecule has 112 valence electrons. The number of nitro groups is 1. The van der Waals surface area contributed by atoms with Crippen LogP contribution in [-0.4, -0.2) is 25.5 Å². The second-order valence-corrected chi connectivity index (χ2v) is 6.51. The minimum atomic E-state index is -0.437. The van der Waals surface area contributed by atoms with Crippen LogP contribution in [0.25, 0.3) is 5.69 Å². The van der Waals surface area contributed by atoms with E-state index in [1.54, 1.807) is 23.0 Å². The zero-order valence-electron chi connectivity index (χ0n) is 12.0. The molecule has 0 aliphatic heterocycles. The van der Waals surface area contributed by atoms with Crippen LogP contribution in [0.5, 0.6) is 0 Å². The minimum Gasteiger partial charge on any atom is -0.306 e. The van der Waals surface area contributed by atoms with Gasteiger partial charge in [0.25, 0.3) is 5.69 Å². The number of aromatic nitrogens is 3. The fourth-order valence-corrected chi connectivity index (χ4v) is 2.16. The summed E-state index contributed by atoms with van der Waals surface area (Å²) in [6.45, 7) is 6.83. The van der Waals surface area contributed by atoms with Crippen LogP contribution in [0.2, 0.25) is 0 Å². The number of hydrogen-bond acceptors (Lipinski definition) is 5. The summed E-state index contributed by atoms with van der Waals surface area (Å²) >= 11 is 3.19. The van der Waals surface area contributed by atoms with Crippen LogP contribution in [0.15, 0.2) is 28.9 Å². The Balaban J connectivity index is 2.18. The van der Waals surface area contributed by atoms with Crippen molar-refractivity contribution in [1.29, 1.82) is 0 Å². The topological polar surface area (TPSA) is 85.9 Å². The van der Waals surface area contributed by atoms with Crippen molar-refractivity contribution in [3.63, 3.8) is 0 Å². The van der Waals surface area contributed by atoms with E-state index in [9.17, 15) is 10.1 Å². The molecule has 0 aliphatic rings. The van der Waals surface area contributed by atoms with Gasteiger partial charge in [-0.2, -0.15) is 0 Å². The number of rotatable bonds is 4. The fourth-order valence-electron chi connectivity index (χ4n) is 1.65. The van der Waals surface area contributed by atoms with Gasteiger partial charge in [0.15, 0.2) is 0 Å². The van der Waals surface area contributed by atoms with Gasteiger partial charge in [-0.15, -0.1) is 5.10 Å². The third-order valence-corrected chi connectivity index (χ3v) is 3.37. The number of hydrogen-bond donors (Lipinski definition) is 1. The molecule has 1 aromatic carbocycles. The summed E-state index contributed by atoms with van der Waals surface area (Å²) in [4.78, 5) is 10.3. The maximum atomic E-state index is 10.8. The normalized spacial score (nSPS) is 11.6. The molecule has 1 aromatic heterocycles. The Morgan fingerprint density at radius 1 is 1.43 bits per heavy atom. The Kier molecular flexibility index (Phi) is 4.38. The fraction of sp³-hybridized carbons (Fsp3) is 0.385. The van der Waals surface area contributed by atoms with Crippen molar-refractivity contribution in [1.82, 2.24) is 20.3 Å². The van der Waals surface area contributed by atoms with Gasteiger partial charge < -0.3 is 5.32 Å². The van der Waals surface area contributed by atoms with E-state index in [1.807, 2.05) is 0 Å². The monoisotopic (exact) mass is 353 g/mol. The quantitative estimate of drug-likeness (QED) is 0.674. The standard InChI is InChI=1S/C13H16BrN5O2/c1-13(2,3)15-7-9-8-18(17-16-9)10-4-5-12(19(20)21)11(14)6-10/h4-6,8,15H,7H2,1-3H3. The largest absolute Gasteiger partial charge is 0.306 e. The molecule has 1 N–H and O–H groups in total. The maximum absolute atomic E-state index is 10.8. The summed E-state index contributed by atoms with van der Waals surface area (Å²) in [7, 11) is 0. The third-order valence-electron chi connectivity index (χ3n) is 2.73. The predicted molar refractivity (Wildman–Crippen MR) is 82.3 cm³/mol. The molecule has 0 fully saturated rings. The molecule has 0 radical (unpaired) electrons. The molecular weight excluding hydrogens is 338 g/mol. The lowest BCUT2D eigenvalue weighted by atomic mass is 10.1. The average molecular weight is 354 g/mol. The molecule has 0 bridgehead atoms. The third kappa shape index (κ3) is 4.08. The van der Waals surface area contributed by atoms with E-state index in [2.05, 4.69) is 52.3 Å². The second kappa shape index (κ2) is 5.90. The van der Waals surface area contributed by atoms with Crippen LogP contribution in [-0.2, 0) is 6.54 Å². The molecular formula is C13H16BrN5O2. The van der Waals surface area contributed by atoms with Crippen molar-refractivity contribution in [3.8, 4) is 5.69 Å². The molecule has 0 saturated carbocycles. The Morgan fingerprint density at radius 3 is 2.71 bits per heavy atom. The molecule has 2 aromatic rings. The van der Waals surface area contributed by atoms with Gasteiger partial charge in [0.05, 0.1) is 27.0 Å². The minimum absolute atomic E-state index is 0.000166. The summed E-state index contributed by atoms with van der Waals surface area (Å²) in [5.41, 5.74) is 1.54. The molecule has 0 spiro atoms. The van der Waals surface area contributed by atoms with E-state index in [0.717, 1.165) is 5.69 Å². The first-order chi connectivity index (χ1) is 9.76. The van der Waals surface area contributed by atoms with Crippen molar-refractivity contribution in [2.24, 2.45) is 0 Å². The molecule has 0 unspecified atom stereocenters. The lowest BCUT2D eigenvalue weighted by Crippen LogP contribution is -2.35. The van der Waals surface area contributed by atoms with E-state index in [-0.39, 0.29) is 11.2 Å². The molecule has 8 heteroatoms. The lowest BCUT2D eigenvalue weighted by Gasteiger charge is -2.19. The lowest BCUT2D eigenvalue weighted by molar-refractivity contribution is -0.385. The van der Waals surface area contributed by atoms with E-state index in [4.69, 9.17) is 0 Å². The molecule has 7 nitrogen and oxygen atoms in total. The Bertz CT molecular complexity index is 663. The summed E-state index contributed by atoms with van der Waals surface area (Å²) in [6.07, 6.45) is 1.80. The van der Waals surface area contributed by atoms with E-state index < -0.39 is 4.92 Å². The van der Waals surface area contributed by atoms with Gasteiger partial charge in [-0.3, -0.25) is 10.1 Å². The first-order valence-corrected chi connectivity index (χ1v) is 7.16. The van der Waals surface area contributed by atoms with Crippen LogP contribution in [0.3, 0.4) is 0 Å². The highest BCUT2D eigenvalue weighted by molar-refractivity contribution is 9.10. The predicted octanol–water partition coefficient (Wildman–Crippen LogP) is 2.83. The van der Waals surface area contributed by atoms with Gasteiger partial charge in [-0.05, 0) is 48.8 Å². The van der Waals surface area contributed by atoms with Gasteiger partial charge in [-0.1, -0.05) is 5.21 Å². The van der Waals surface area contributed by atoms with E-state index in [1.165, 1.54) is 6.07 Å². The van der Waals surface area contributed by atoms with Crippen LogP contribution < -0.4 is 5.32 Å². The zero-order valence-corrected chi connectivity index (χ0v) is 13.6. The number of nitro benzene ring substituents is 1. The van der Waals surface area contributed by atoms with E-state index in [0.29, 0.717) is 16.7 Å². The summed E-state index contributed by atoms with van der Waals surface area (Å²) in [5.74, 6) is 0. The average Bonchev–Trinajstić information content (AvgIpc) is 2.83. The summed E-state index contributed by atoms with van der Waals surface area (Å²) in [5, 5.41) is 22.2. The molecule has 0 saturated heterocycles. The van der Waals surface area contributed by atoms with Crippen LogP contribution in [0, 0.1) is 10.1 Å². The van der Waals surface area contributed by atoms with Crippen molar-refractivity contribution >= 4 is 21.6 Å². The number of nitrogens with one attached hydrogen (secondary N) is 1. The highest BCUT2D eigenvalue weighted by Crippen LogP contribution is 2.26. The van der Waals surface area contributed by atoms with Crippen LogP contribution >= 0.6 is 15.9 Å². The molecule has 21 heavy (non-hydrogen) atoms. The Labute approximate surface area is 130 Å². The number of benzene rings is 1. The molecule has 2 rings (SSSR count). The van der Waals surface area contributed by atoms with Gasteiger partial charge in [0.2, 0.25) is 0 Å². The maximum Gasteiger partial charge on any atom is 0.283 e. The van der Waals surface area contributed by atoms with E-state index >= 15 is 0 Å². The number of halogens is 1. The van der Waals surface area contributed by atoms with Crippen molar-refractivity contribution < 1.29 is 4.92 Å². The molecule has 0 aliphatic carbocycles. The SMILES string of the molecule is CC(C)(C)NCc1cn(-c2ccc([N+](=O)[O-])c(Br)c2)nn1. The van der Waals surface area contributed by atoms with Gasteiger partial charge in [-0.25, -0.2) is 4.68 Å².